The molecule has 0 atom stereocenters. The molecule has 0 amide bonds. The van der Waals surface area contributed by atoms with Gasteiger partial charge in [0.1, 0.15) is 5.75 Å². The Bertz CT molecular complexity index is 819. The summed E-state index contributed by atoms with van der Waals surface area (Å²) in [5.74, 6) is 0.700. The topological polar surface area (TPSA) is 34.1 Å². The number of nitrogens with one attached hydrogen (secondary N) is 1. The average Bonchev–Trinajstić information content (AvgIpc) is 2.84. The number of ether oxygens (including phenoxy) is 1. The molecule has 0 bridgehead atoms. The van der Waals surface area contributed by atoms with Crippen LogP contribution in [0.1, 0.15) is 5.56 Å². The van der Waals surface area contributed by atoms with Crippen LogP contribution >= 0.6 is 38.9 Å². The number of hydrogen-bond donors (Lipinski definition) is 1. The number of anilines is 2. The van der Waals surface area contributed by atoms with Crippen molar-refractivity contribution in [3.8, 4) is 5.75 Å². The maximum atomic E-state index is 6.12. The molecule has 0 saturated carbocycles. The first-order chi connectivity index (χ1) is 10.1. The summed E-state index contributed by atoms with van der Waals surface area (Å²) in [5, 5.41) is 4.82. The first-order valence-corrected chi connectivity index (χ1v) is 8.23. The van der Waals surface area contributed by atoms with E-state index in [1.165, 1.54) is 0 Å². The van der Waals surface area contributed by atoms with E-state index in [0.29, 0.717) is 10.8 Å². The number of benzene rings is 2. The van der Waals surface area contributed by atoms with E-state index in [9.17, 15) is 0 Å². The molecule has 0 aliphatic heterocycles. The molecule has 21 heavy (non-hydrogen) atoms. The number of thiazole rings is 1. The molecular formula is C15H12BrClN2OS. The molecule has 1 N–H and O–H groups in total. The lowest BCUT2D eigenvalue weighted by atomic mass is 10.2. The molecule has 0 aliphatic carbocycles. The molecule has 0 saturated heterocycles. The highest BCUT2D eigenvalue weighted by atomic mass is 79.9. The minimum Gasteiger partial charge on any atom is -0.495 e. The summed E-state index contributed by atoms with van der Waals surface area (Å²) in [5.41, 5.74) is 2.81. The zero-order valence-corrected chi connectivity index (χ0v) is 14.6. The van der Waals surface area contributed by atoms with Gasteiger partial charge in [0.2, 0.25) is 0 Å². The molecule has 6 heteroatoms. The maximum absolute atomic E-state index is 6.12. The van der Waals surface area contributed by atoms with Crippen LogP contribution in [0, 0.1) is 6.92 Å². The van der Waals surface area contributed by atoms with Gasteiger partial charge in [-0.3, -0.25) is 0 Å². The molecule has 0 aliphatic rings. The molecule has 3 rings (SSSR count). The van der Waals surface area contributed by atoms with Crippen molar-refractivity contribution in [3.63, 3.8) is 0 Å². The highest BCUT2D eigenvalue weighted by Crippen LogP contribution is 2.35. The largest absolute Gasteiger partial charge is 0.495 e. The summed E-state index contributed by atoms with van der Waals surface area (Å²) in [6.45, 7) is 1.96. The Labute approximate surface area is 140 Å². The second-order valence-corrected chi connectivity index (χ2v) is 6.91. The van der Waals surface area contributed by atoms with Gasteiger partial charge in [0.25, 0.3) is 0 Å². The Hall–Kier alpha value is -1.30. The number of methoxy groups -OCH3 is 1. The summed E-state index contributed by atoms with van der Waals surface area (Å²) in [4.78, 5) is 4.59. The van der Waals surface area contributed by atoms with Gasteiger partial charge in [-0.25, -0.2) is 4.98 Å². The molecule has 0 radical (unpaired) electrons. The Morgan fingerprint density at radius 2 is 2.10 bits per heavy atom. The standard InChI is InChI=1S/C15H12BrClN2OS/c1-8-5-11(13(20-2)7-10(8)17)18-15-19-12-6-9(16)3-4-14(12)21-15/h3-7H,1-2H3,(H,18,19). The van der Waals surface area contributed by atoms with Gasteiger partial charge < -0.3 is 10.1 Å². The maximum Gasteiger partial charge on any atom is 0.188 e. The number of hydrogen-bond acceptors (Lipinski definition) is 4. The van der Waals surface area contributed by atoms with Gasteiger partial charge in [-0.05, 0) is 36.8 Å². The van der Waals surface area contributed by atoms with E-state index >= 15 is 0 Å². The second-order valence-electron chi connectivity index (χ2n) is 4.56. The summed E-state index contributed by atoms with van der Waals surface area (Å²) >= 11 is 11.2. The number of fused-ring (bicyclic) bond motifs is 1. The van der Waals surface area contributed by atoms with Gasteiger partial charge in [-0.15, -0.1) is 0 Å². The molecule has 0 spiro atoms. The Morgan fingerprint density at radius 3 is 2.86 bits per heavy atom. The lowest BCUT2D eigenvalue weighted by Crippen LogP contribution is -1.95. The predicted molar refractivity (Wildman–Crippen MR) is 93.3 cm³/mol. The Balaban J connectivity index is 2.00. The molecule has 3 aromatic rings. The fraction of sp³-hybridized carbons (Fsp3) is 0.133. The van der Waals surface area contributed by atoms with E-state index < -0.39 is 0 Å². The fourth-order valence-electron chi connectivity index (χ4n) is 2.00. The van der Waals surface area contributed by atoms with Crippen LogP contribution < -0.4 is 10.1 Å². The van der Waals surface area contributed by atoms with Crippen molar-refractivity contribution < 1.29 is 4.74 Å². The van der Waals surface area contributed by atoms with E-state index in [1.807, 2.05) is 37.3 Å². The highest BCUT2D eigenvalue weighted by Gasteiger charge is 2.10. The minimum absolute atomic E-state index is 0.686. The molecule has 3 nitrogen and oxygen atoms in total. The van der Waals surface area contributed by atoms with Crippen molar-refractivity contribution in [1.82, 2.24) is 4.98 Å². The van der Waals surface area contributed by atoms with E-state index in [1.54, 1.807) is 18.4 Å². The smallest absolute Gasteiger partial charge is 0.188 e. The molecule has 0 fully saturated rings. The van der Waals surface area contributed by atoms with Crippen LogP contribution in [0.15, 0.2) is 34.8 Å². The predicted octanol–water partition coefficient (Wildman–Crippen LogP) is 5.77. The van der Waals surface area contributed by atoms with Gasteiger partial charge in [0, 0.05) is 15.6 Å². The lowest BCUT2D eigenvalue weighted by Gasteiger charge is -2.11. The average molecular weight is 384 g/mol. The van der Waals surface area contributed by atoms with E-state index in [2.05, 4.69) is 26.2 Å². The van der Waals surface area contributed by atoms with Crippen LogP contribution in [-0.2, 0) is 0 Å². The quantitative estimate of drug-likeness (QED) is 0.623. The first kappa shape index (κ1) is 14.6. The lowest BCUT2D eigenvalue weighted by molar-refractivity contribution is 0.417. The van der Waals surface area contributed by atoms with E-state index in [4.69, 9.17) is 16.3 Å². The Morgan fingerprint density at radius 1 is 1.29 bits per heavy atom. The van der Waals surface area contributed by atoms with Crippen LogP contribution in [0.2, 0.25) is 5.02 Å². The monoisotopic (exact) mass is 382 g/mol. The van der Waals surface area contributed by atoms with Crippen molar-refractivity contribution >= 4 is 59.9 Å². The van der Waals surface area contributed by atoms with Crippen molar-refractivity contribution in [1.29, 1.82) is 0 Å². The normalized spacial score (nSPS) is 10.9. The van der Waals surface area contributed by atoms with Crippen molar-refractivity contribution in [2.45, 2.75) is 6.92 Å². The van der Waals surface area contributed by atoms with Gasteiger partial charge in [-0.1, -0.05) is 38.9 Å². The van der Waals surface area contributed by atoms with E-state index in [-0.39, 0.29) is 0 Å². The number of rotatable bonds is 3. The minimum atomic E-state index is 0.686. The Kier molecular flexibility index (Phi) is 4.06. The first-order valence-electron chi connectivity index (χ1n) is 6.24. The van der Waals surface area contributed by atoms with Gasteiger partial charge in [0.15, 0.2) is 5.13 Å². The third-order valence-corrected chi connectivity index (χ3v) is 4.92. The van der Waals surface area contributed by atoms with Crippen LogP contribution in [0.3, 0.4) is 0 Å². The molecule has 108 valence electrons. The summed E-state index contributed by atoms with van der Waals surface area (Å²) < 4.78 is 7.52. The third-order valence-electron chi connectivity index (χ3n) is 3.07. The second kappa shape index (κ2) is 5.83. The summed E-state index contributed by atoms with van der Waals surface area (Å²) in [6.07, 6.45) is 0. The number of aryl methyl sites for hydroxylation is 1. The summed E-state index contributed by atoms with van der Waals surface area (Å²) in [6, 6.07) is 9.83. The number of nitrogens with zero attached hydrogens (tertiary/aromatic N) is 1. The number of halogens is 2. The van der Waals surface area contributed by atoms with Crippen molar-refractivity contribution in [2.24, 2.45) is 0 Å². The molecule has 1 heterocycles. The SMILES string of the molecule is COc1cc(Cl)c(C)cc1Nc1nc2cc(Br)ccc2s1. The summed E-state index contributed by atoms with van der Waals surface area (Å²) in [7, 11) is 1.63. The van der Waals surface area contributed by atoms with Gasteiger partial charge in [-0.2, -0.15) is 0 Å². The molecule has 2 aromatic carbocycles. The van der Waals surface area contributed by atoms with Crippen molar-refractivity contribution in [3.05, 3.63) is 45.4 Å². The number of aromatic nitrogens is 1. The highest BCUT2D eigenvalue weighted by molar-refractivity contribution is 9.10. The van der Waals surface area contributed by atoms with Crippen LogP contribution in [0.4, 0.5) is 10.8 Å². The fourth-order valence-corrected chi connectivity index (χ4v) is 3.36. The van der Waals surface area contributed by atoms with Crippen LogP contribution in [0.5, 0.6) is 5.75 Å². The molecular weight excluding hydrogens is 372 g/mol. The third kappa shape index (κ3) is 3.00. The van der Waals surface area contributed by atoms with Crippen LogP contribution in [0.25, 0.3) is 10.2 Å². The van der Waals surface area contributed by atoms with E-state index in [0.717, 1.165) is 31.1 Å². The van der Waals surface area contributed by atoms with Crippen molar-refractivity contribution in [2.75, 3.05) is 12.4 Å². The molecule has 1 aromatic heterocycles. The van der Waals surface area contributed by atoms with Gasteiger partial charge >= 0.3 is 0 Å². The molecule has 0 unspecified atom stereocenters. The zero-order valence-electron chi connectivity index (χ0n) is 11.4. The van der Waals surface area contributed by atoms with Crippen LogP contribution in [-0.4, -0.2) is 12.1 Å². The zero-order chi connectivity index (χ0) is 15.0. The van der Waals surface area contributed by atoms with Gasteiger partial charge in [0.05, 0.1) is 23.0 Å².